The fourth-order valence-corrected chi connectivity index (χ4v) is 4.93. The first kappa shape index (κ1) is 20.6. The summed E-state index contributed by atoms with van der Waals surface area (Å²) in [7, 11) is 0. The standard InChI is InChI=1S/C22H21F2N3O5/c1-10-4-13-6-16(10)32-17-9-26-8-14(19(28)20(29)18(26)22(31)27(13)17)21(30)25-7-11-2-3-12(23)5-15(11)24/h2-3,5,8,10,13,16-17,29H,4,6-7,9H2,1H3,(H,25,30)/t10?,13-,16-,17+/m1/s1. The van der Waals surface area contributed by atoms with Crippen LogP contribution in [0, 0.1) is 17.6 Å². The largest absolute Gasteiger partial charge is 0.503 e. The zero-order chi connectivity index (χ0) is 22.7. The number of nitrogens with zero attached hydrogens (tertiary/aromatic N) is 2. The van der Waals surface area contributed by atoms with Crippen LogP contribution in [0.15, 0.2) is 29.2 Å². The Balaban J connectivity index is 1.43. The molecule has 168 valence electrons. The van der Waals surface area contributed by atoms with Gasteiger partial charge in [-0.3, -0.25) is 14.4 Å². The second-order valence-corrected chi connectivity index (χ2v) is 8.58. The molecule has 1 saturated heterocycles. The van der Waals surface area contributed by atoms with Gasteiger partial charge in [0.1, 0.15) is 17.2 Å². The molecule has 1 saturated carbocycles. The lowest BCUT2D eigenvalue weighted by Gasteiger charge is -2.44. The monoisotopic (exact) mass is 445 g/mol. The van der Waals surface area contributed by atoms with Crippen molar-refractivity contribution in [3.05, 3.63) is 63.1 Å². The van der Waals surface area contributed by atoms with E-state index in [1.807, 2.05) is 0 Å². The minimum atomic E-state index is -0.990. The number of fused-ring (bicyclic) bond motifs is 5. The van der Waals surface area contributed by atoms with Crippen molar-refractivity contribution in [2.75, 3.05) is 0 Å². The molecule has 3 aliphatic rings. The molecule has 2 aromatic rings. The number of pyridine rings is 1. The Morgan fingerprint density at radius 3 is 2.81 bits per heavy atom. The smallest absolute Gasteiger partial charge is 0.276 e. The van der Waals surface area contributed by atoms with Gasteiger partial charge >= 0.3 is 0 Å². The molecule has 2 aliphatic heterocycles. The molecule has 3 heterocycles. The Morgan fingerprint density at radius 1 is 1.28 bits per heavy atom. The van der Waals surface area contributed by atoms with E-state index in [0.717, 1.165) is 18.9 Å². The van der Waals surface area contributed by atoms with Crippen LogP contribution in [-0.2, 0) is 17.8 Å². The molecule has 1 aromatic heterocycles. The Hall–Kier alpha value is -3.27. The second-order valence-electron chi connectivity index (χ2n) is 8.58. The molecule has 4 atom stereocenters. The fraction of sp³-hybridized carbons (Fsp3) is 0.409. The van der Waals surface area contributed by atoms with E-state index in [0.29, 0.717) is 12.0 Å². The van der Waals surface area contributed by atoms with Crippen molar-refractivity contribution in [1.29, 1.82) is 0 Å². The maximum absolute atomic E-state index is 13.8. The van der Waals surface area contributed by atoms with Crippen LogP contribution in [0.3, 0.4) is 0 Å². The van der Waals surface area contributed by atoms with Gasteiger partial charge < -0.3 is 24.6 Å². The predicted molar refractivity (Wildman–Crippen MR) is 107 cm³/mol. The third kappa shape index (κ3) is 3.17. The number of carbonyl (C=O) groups excluding carboxylic acids is 2. The number of halogens is 2. The van der Waals surface area contributed by atoms with Crippen LogP contribution in [0.5, 0.6) is 5.75 Å². The van der Waals surface area contributed by atoms with Crippen molar-refractivity contribution in [2.24, 2.45) is 5.92 Å². The predicted octanol–water partition coefficient (Wildman–Crippen LogP) is 1.74. The topological polar surface area (TPSA) is 101 Å². The number of hydrogen-bond donors (Lipinski definition) is 2. The van der Waals surface area contributed by atoms with E-state index in [2.05, 4.69) is 12.2 Å². The van der Waals surface area contributed by atoms with Gasteiger partial charge in [-0.2, -0.15) is 0 Å². The highest BCUT2D eigenvalue weighted by Gasteiger charge is 2.50. The van der Waals surface area contributed by atoms with Gasteiger partial charge in [-0.25, -0.2) is 8.78 Å². The molecule has 2 fully saturated rings. The van der Waals surface area contributed by atoms with E-state index in [-0.39, 0.29) is 42.1 Å². The summed E-state index contributed by atoms with van der Waals surface area (Å²) in [5.41, 5.74) is -1.51. The molecule has 1 aliphatic carbocycles. The van der Waals surface area contributed by atoms with Gasteiger partial charge in [0.05, 0.1) is 12.6 Å². The molecule has 5 rings (SSSR count). The minimum Gasteiger partial charge on any atom is -0.503 e. The molecule has 1 unspecified atom stereocenters. The number of aromatic nitrogens is 1. The summed E-state index contributed by atoms with van der Waals surface area (Å²) in [4.78, 5) is 40.0. The minimum absolute atomic E-state index is 0.0157. The normalized spacial score (nSPS) is 26.0. The van der Waals surface area contributed by atoms with Crippen molar-refractivity contribution in [1.82, 2.24) is 14.8 Å². The molecule has 8 nitrogen and oxygen atoms in total. The Kier molecular flexibility index (Phi) is 4.77. The first-order valence-electron chi connectivity index (χ1n) is 10.4. The number of rotatable bonds is 3. The highest BCUT2D eigenvalue weighted by molar-refractivity contribution is 5.99. The van der Waals surface area contributed by atoms with E-state index < -0.39 is 40.9 Å². The van der Waals surface area contributed by atoms with Crippen molar-refractivity contribution in [3.8, 4) is 5.75 Å². The van der Waals surface area contributed by atoms with Gasteiger partial charge in [0, 0.05) is 30.4 Å². The van der Waals surface area contributed by atoms with E-state index in [4.69, 9.17) is 4.74 Å². The van der Waals surface area contributed by atoms with Crippen LogP contribution in [0.1, 0.15) is 46.2 Å². The lowest BCUT2D eigenvalue weighted by atomic mass is 10.1. The average molecular weight is 445 g/mol. The molecule has 2 N–H and O–H groups in total. The molecular formula is C22H21F2N3O5. The lowest BCUT2D eigenvalue weighted by Crippen LogP contribution is -2.57. The van der Waals surface area contributed by atoms with Gasteiger partial charge in [-0.05, 0) is 24.8 Å². The molecule has 10 heteroatoms. The van der Waals surface area contributed by atoms with Crippen LogP contribution in [0.2, 0.25) is 0 Å². The number of amides is 2. The SMILES string of the molecule is CC1C[C@@H]2C[C@H]1O[C@H]1Cn3cc(C(=O)NCc4ccc(F)cc4F)c(=O)c(O)c3C(=O)N21. The summed E-state index contributed by atoms with van der Waals surface area (Å²) in [5.74, 6) is -3.45. The number of benzene rings is 1. The molecular weight excluding hydrogens is 424 g/mol. The van der Waals surface area contributed by atoms with E-state index in [9.17, 15) is 28.3 Å². The van der Waals surface area contributed by atoms with Crippen molar-refractivity contribution >= 4 is 11.8 Å². The molecule has 2 bridgehead atoms. The third-order valence-corrected chi connectivity index (χ3v) is 6.56. The molecule has 1 aromatic carbocycles. The third-order valence-electron chi connectivity index (χ3n) is 6.56. The van der Waals surface area contributed by atoms with Gasteiger partial charge in [-0.15, -0.1) is 0 Å². The van der Waals surface area contributed by atoms with E-state index in [1.54, 1.807) is 4.90 Å². The van der Waals surface area contributed by atoms with Crippen LogP contribution in [0.25, 0.3) is 0 Å². The second kappa shape index (κ2) is 7.40. The van der Waals surface area contributed by atoms with Crippen molar-refractivity contribution in [2.45, 2.75) is 51.2 Å². The van der Waals surface area contributed by atoms with Crippen LogP contribution in [0.4, 0.5) is 8.78 Å². The summed E-state index contributed by atoms with van der Waals surface area (Å²) < 4.78 is 34.3. The molecule has 2 amide bonds. The van der Waals surface area contributed by atoms with Gasteiger partial charge in [-0.1, -0.05) is 13.0 Å². The summed E-state index contributed by atoms with van der Waals surface area (Å²) in [5, 5.41) is 12.9. The first-order chi connectivity index (χ1) is 15.2. The Bertz CT molecular complexity index is 1190. The zero-order valence-corrected chi connectivity index (χ0v) is 17.2. The fourth-order valence-electron chi connectivity index (χ4n) is 4.93. The lowest BCUT2D eigenvalue weighted by molar-refractivity contribution is -0.138. The molecule has 0 radical (unpaired) electrons. The number of carbonyl (C=O) groups is 2. The number of nitrogens with one attached hydrogen (secondary N) is 1. The van der Waals surface area contributed by atoms with E-state index in [1.165, 1.54) is 16.8 Å². The summed E-state index contributed by atoms with van der Waals surface area (Å²) in [6.45, 7) is 1.95. The molecule has 32 heavy (non-hydrogen) atoms. The van der Waals surface area contributed by atoms with Gasteiger partial charge in [0.2, 0.25) is 5.43 Å². The maximum atomic E-state index is 13.8. The maximum Gasteiger partial charge on any atom is 0.276 e. The number of ether oxygens (including phenoxy) is 1. The average Bonchev–Trinajstić information content (AvgIpc) is 3.03. The zero-order valence-electron chi connectivity index (χ0n) is 17.2. The van der Waals surface area contributed by atoms with E-state index >= 15 is 0 Å². The van der Waals surface area contributed by atoms with Crippen molar-refractivity contribution < 1.29 is 28.2 Å². The van der Waals surface area contributed by atoms with Crippen LogP contribution >= 0.6 is 0 Å². The summed E-state index contributed by atoms with van der Waals surface area (Å²) >= 11 is 0. The Labute approximate surface area is 181 Å². The Morgan fingerprint density at radius 2 is 2.06 bits per heavy atom. The highest BCUT2D eigenvalue weighted by atomic mass is 19.1. The van der Waals surface area contributed by atoms with Crippen LogP contribution < -0.4 is 10.7 Å². The summed E-state index contributed by atoms with van der Waals surface area (Å²) in [6, 6.07) is 2.92. The summed E-state index contributed by atoms with van der Waals surface area (Å²) in [6.07, 6.45) is 2.21. The van der Waals surface area contributed by atoms with Crippen LogP contribution in [-0.4, -0.2) is 44.8 Å². The quantitative estimate of drug-likeness (QED) is 0.750. The first-order valence-corrected chi connectivity index (χ1v) is 10.4. The van der Waals surface area contributed by atoms with Crippen molar-refractivity contribution in [3.63, 3.8) is 0 Å². The number of aromatic hydroxyl groups is 1. The highest BCUT2D eigenvalue weighted by Crippen LogP contribution is 2.41. The van der Waals surface area contributed by atoms with Gasteiger partial charge in [0.25, 0.3) is 11.8 Å². The molecule has 0 spiro atoms. The number of hydrogen-bond acceptors (Lipinski definition) is 5. The van der Waals surface area contributed by atoms with Gasteiger partial charge in [0.15, 0.2) is 17.7 Å².